The van der Waals surface area contributed by atoms with Crippen molar-refractivity contribution in [2.75, 3.05) is 11.9 Å². The van der Waals surface area contributed by atoms with Crippen LogP contribution in [0.3, 0.4) is 0 Å². The number of aliphatic hydroxyl groups is 3. The molecule has 0 bridgehead atoms. The number of fused-ring (bicyclic) bond motifs is 1. The lowest BCUT2D eigenvalue weighted by atomic mass is 10.2. The minimum Gasteiger partial charge on any atom is -0.394 e. The second-order valence-corrected chi connectivity index (χ2v) is 5.92. The van der Waals surface area contributed by atoms with E-state index in [1.54, 1.807) is 4.57 Å². The van der Waals surface area contributed by atoms with Crippen LogP contribution < -0.4 is 11.1 Å². The topological polar surface area (TPSA) is 169 Å². The highest BCUT2D eigenvalue weighted by molar-refractivity contribution is 5.99. The Hall–Kier alpha value is -2.18. The summed E-state index contributed by atoms with van der Waals surface area (Å²) in [6.07, 6.45) is -0.0476. The predicted octanol–water partition coefficient (Wildman–Crippen LogP) is -1.89. The van der Waals surface area contributed by atoms with Crippen molar-refractivity contribution in [3.8, 4) is 0 Å². The number of ether oxygens (including phenoxy) is 1. The van der Waals surface area contributed by atoms with Crippen molar-refractivity contribution in [2.24, 2.45) is 5.73 Å². The van der Waals surface area contributed by atoms with Gasteiger partial charge in [-0.2, -0.15) is 0 Å². The van der Waals surface area contributed by atoms with Gasteiger partial charge in [-0.05, 0) is 6.92 Å². The fourth-order valence-electron chi connectivity index (χ4n) is 2.62. The number of anilines is 1. The van der Waals surface area contributed by atoms with Gasteiger partial charge in [0.05, 0.1) is 25.1 Å². The van der Waals surface area contributed by atoms with Crippen LogP contribution in [0.1, 0.15) is 19.6 Å². The monoisotopic (exact) mass is 352 g/mol. The molecule has 0 aliphatic carbocycles. The van der Waals surface area contributed by atoms with Gasteiger partial charge in [0.1, 0.15) is 24.7 Å². The maximum absolute atomic E-state index is 12.0. The molecule has 1 amide bonds. The van der Waals surface area contributed by atoms with Crippen molar-refractivity contribution in [3.63, 3.8) is 0 Å². The van der Waals surface area contributed by atoms with Gasteiger partial charge in [-0.3, -0.25) is 9.36 Å². The molecule has 3 heterocycles. The molecule has 1 fully saturated rings. The zero-order valence-electron chi connectivity index (χ0n) is 13.5. The molecule has 136 valence electrons. The molecule has 3 rings (SSSR count). The Bertz CT molecular complexity index is 765. The Morgan fingerprint density at radius 2 is 2.28 bits per heavy atom. The number of rotatable bonds is 5. The highest BCUT2D eigenvalue weighted by Gasteiger charge is 2.35. The van der Waals surface area contributed by atoms with E-state index in [0.29, 0.717) is 11.2 Å². The van der Waals surface area contributed by atoms with Crippen LogP contribution in [0.2, 0.25) is 0 Å². The molecular formula is C14H20N6O5. The van der Waals surface area contributed by atoms with E-state index in [4.69, 9.17) is 10.5 Å². The third-order valence-corrected chi connectivity index (χ3v) is 4.12. The third kappa shape index (κ3) is 3.32. The van der Waals surface area contributed by atoms with Crippen molar-refractivity contribution in [1.29, 1.82) is 0 Å². The molecule has 0 spiro atoms. The Labute approximate surface area is 142 Å². The maximum atomic E-state index is 12.0. The van der Waals surface area contributed by atoms with E-state index in [1.807, 2.05) is 0 Å². The highest BCUT2D eigenvalue weighted by Crippen LogP contribution is 2.31. The van der Waals surface area contributed by atoms with E-state index in [1.165, 1.54) is 19.6 Å². The molecule has 0 aromatic carbocycles. The molecule has 1 aliphatic rings. The van der Waals surface area contributed by atoms with Gasteiger partial charge < -0.3 is 31.1 Å². The molecule has 5 atom stereocenters. The SMILES string of the molecule is C[C@@H](O)[C@H](N)C(=O)Nc1ncnc2c1ncn2[C@H]1C[C@H](O)[C@@H](CO)O1. The van der Waals surface area contributed by atoms with E-state index in [-0.39, 0.29) is 18.8 Å². The summed E-state index contributed by atoms with van der Waals surface area (Å²) >= 11 is 0. The number of nitrogens with one attached hydrogen (secondary N) is 1. The second kappa shape index (κ2) is 6.98. The van der Waals surface area contributed by atoms with Crippen LogP contribution in [0.15, 0.2) is 12.7 Å². The summed E-state index contributed by atoms with van der Waals surface area (Å²) in [4.78, 5) is 24.3. The quantitative estimate of drug-likeness (QED) is 0.413. The normalized spacial score (nSPS) is 25.9. The first kappa shape index (κ1) is 17.6. The second-order valence-electron chi connectivity index (χ2n) is 5.92. The van der Waals surface area contributed by atoms with Crippen molar-refractivity contribution in [2.45, 2.75) is 43.9 Å². The fourth-order valence-corrected chi connectivity index (χ4v) is 2.62. The van der Waals surface area contributed by atoms with Gasteiger partial charge >= 0.3 is 0 Å². The first-order chi connectivity index (χ1) is 11.9. The zero-order valence-corrected chi connectivity index (χ0v) is 13.5. The molecule has 0 radical (unpaired) electrons. The summed E-state index contributed by atoms with van der Waals surface area (Å²) < 4.78 is 7.19. The summed E-state index contributed by atoms with van der Waals surface area (Å²) in [6, 6.07) is -1.11. The number of hydrogen-bond acceptors (Lipinski definition) is 9. The lowest BCUT2D eigenvalue weighted by molar-refractivity contribution is -0.119. The average Bonchev–Trinajstić information content (AvgIpc) is 3.17. The van der Waals surface area contributed by atoms with E-state index in [0.717, 1.165) is 0 Å². The number of imidazole rings is 1. The number of amides is 1. The van der Waals surface area contributed by atoms with Gasteiger partial charge in [0.25, 0.3) is 0 Å². The molecular weight excluding hydrogens is 332 g/mol. The molecule has 11 nitrogen and oxygen atoms in total. The molecule has 0 saturated carbocycles. The summed E-state index contributed by atoms with van der Waals surface area (Å²) in [5, 5.41) is 31.0. The summed E-state index contributed by atoms with van der Waals surface area (Å²) in [5.41, 5.74) is 6.31. The van der Waals surface area contributed by atoms with Crippen LogP contribution in [-0.4, -0.2) is 71.7 Å². The first-order valence-corrected chi connectivity index (χ1v) is 7.78. The smallest absolute Gasteiger partial charge is 0.245 e. The summed E-state index contributed by atoms with van der Waals surface area (Å²) in [5.74, 6) is -0.445. The molecule has 1 aliphatic heterocycles. The van der Waals surface area contributed by atoms with Gasteiger partial charge in [-0.25, -0.2) is 15.0 Å². The zero-order chi connectivity index (χ0) is 18.1. The number of carbonyl (C=O) groups is 1. The number of hydrogen-bond donors (Lipinski definition) is 5. The van der Waals surface area contributed by atoms with Crippen molar-refractivity contribution in [1.82, 2.24) is 19.5 Å². The summed E-state index contributed by atoms with van der Waals surface area (Å²) in [6.45, 7) is 1.12. The first-order valence-electron chi connectivity index (χ1n) is 7.78. The Morgan fingerprint density at radius 3 is 2.92 bits per heavy atom. The standard InChI is InChI=1S/C14H20N6O5/c1-6(22)10(15)14(24)19-12-11-13(17-4-16-12)20(5-18-11)9-2-7(23)8(3-21)25-9/h4-10,21-23H,2-3,15H2,1H3,(H,16,17,19,24)/t6-,7+,8-,9-,10+/m1/s1. The minimum absolute atomic E-state index is 0.155. The molecule has 11 heteroatoms. The average molecular weight is 352 g/mol. The van der Waals surface area contributed by atoms with E-state index in [9.17, 15) is 20.1 Å². The van der Waals surface area contributed by atoms with Crippen molar-refractivity contribution >= 4 is 22.9 Å². The van der Waals surface area contributed by atoms with Gasteiger partial charge in [0, 0.05) is 6.42 Å². The molecule has 6 N–H and O–H groups in total. The third-order valence-electron chi connectivity index (χ3n) is 4.12. The number of carbonyl (C=O) groups excluding carboxylic acids is 1. The predicted molar refractivity (Wildman–Crippen MR) is 85.2 cm³/mol. The maximum Gasteiger partial charge on any atom is 0.245 e. The highest BCUT2D eigenvalue weighted by atomic mass is 16.5. The Balaban J connectivity index is 1.87. The fraction of sp³-hybridized carbons (Fsp3) is 0.571. The van der Waals surface area contributed by atoms with Gasteiger partial charge in [-0.1, -0.05) is 0 Å². The van der Waals surface area contributed by atoms with Gasteiger partial charge in [0.2, 0.25) is 5.91 Å². The van der Waals surface area contributed by atoms with Crippen LogP contribution in [-0.2, 0) is 9.53 Å². The number of nitrogens with two attached hydrogens (primary N) is 1. The molecule has 1 saturated heterocycles. The number of aromatic nitrogens is 4. The van der Waals surface area contributed by atoms with Crippen molar-refractivity contribution in [3.05, 3.63) is 12.7 Å². The van der Waals surface area contributed by atoms with Crippen molar-refractivity contribution < 1.29 is 24.9 Å². The van der Waals surface area contributed by atoms with Crippen LogP contribution in [0.4, 0.5) is 5.82 Å². The van der Waals surface area contributed by atoms with E-state index < -0.39 is 36.5 Å². The summed E-state index contributed by atoms with van der Waals surface area (Å²) in [7, 11) is 0. The van der Waals surface area contributed by atoms with Gasteiger partial charge in [-0.15, -0.1) is 0 Å². The Morgan fingerprint density at radius 1 is 1.52 bits per heavy atom. The molecule has 0 unspecified atom stereocenters. The molecule has 2 aromatic heterocycles. The van der Waals surface area contributed by atoms with Crippen LogP contribution >= 0.6 is 0 Å². The molecule has 25 heavy (non-hydrogen) atoms. The van der Waals surface area contributed by atoms with Crippen LogP contribution in [0.25, 0.3) is 11.2 Å². The van der Waals surface area contributed by atoms with Crippen LogP contribution in [0, 0.1) is 0 Å². The number of nitrogens with zero attached hydrogens (tertiary/aromatic N) is 4. The largest absolute Gasteiger partial charge is 0.394 e. The minimum atomic E-state index is -1.11. The molecule has 2 aromatic rings. The lowest BCUT2D eigenvalue weighted by Crippen LogP contribution is -2.43. The lowest BCUT2D eigenvalue weighted by Gasteiger charge is -2.15. The number of aliphatic hydroxyl groups excluding tert-OH is 3. The van der Waals surface area contributed by atoms with Crippen LogP contribution in [0.5, 0.6) is 0 Å². The van der Waals surface area contributed by atoms with E-state index in [2.05, 4.69) is 20.3 Å². The Kier molecular flexibility index (Phi) is 4.92. The van der Waals surface area contributed by atoms with E-state index >= 15 is 0 Å². The van der Waals surface area contributed by atoms with Gasteiger partial charge in [0.15, 0.2) is 17.0 Å².